The third kappa shape index (κ3) is 3.81. The van der Waals surface area contributed by atoms with E-state index < -0.39 is 5.54 Å². The molecule has 0 unspecified atom stereocenters. The fourth-order valence-electron chi connectivity index (χ4n) is 3.21. The Morgan fingerprint density at radius 2 is 1.83 bits per heavy atom. The summed E-state index contributed by atoms with van der Waals surface area (Å²) >= 11 is 3.38. The van der Waals surface area contributed by atoms with Crippen molar-refractivity contribution >= 4 is 33.6 Å². The number of aromatic nitrogens is 2. The molecule has 8 heteroatoms. The van der Waals surface area contributed by atoms with Gasteiger partial charge < -0.3 is 21.1 Å². The maximum atomic E-state index is 12.7. The third-order valence-electron chi connectivity index (χ3n) is 4.95. The summed E-state index contributed by atoms with van der Waals surface area (Å²) in [6, 6.07) is 15.1. The van der Waals surface area contributed by atoms with Gasteiger partial charge in [-0.05, 0) is 35.4 Å². The molecular formula is C21H20BrN5O2. The number of hydrogen-bond donors (Lipinski definition) is 3. The Morgan fingerprint density at radius 1 is 1.14 bits per heavy atom. The Kier molecular flexibility index (Phi) is 5.21. The first-order valence-corrected chi connectivity index (χ1v) is 9.87. The number of ether oxygens (including phenoxy) is 1. The fraction of sp³-hybridized carbons (Fsp3) is 0.190. The molecule has 0 saturated carbocycles. The van der Waals surface area contributed by atoms with Crippen molar-refractivity contribution in [3.63, 3.8) is 0 Å². The minimum Gasteiger partial charge on any atom is -0.383 e. The third-order valence-corrected chi connectivity index (χ3v) is 5.48. The number of benzene rings is 2. The maximum Gasteiger partial charge on any atom is 0.252 e. The van der Waals surface area contributed by atoms with Crippen molar-refractivity contribution in [2.45, 2.75) is 5.54 Å². The van der Waals surface area contributed by atoms with Crippen molar-refractivity contribution in [1.29, 1.82) is 0 Å². The summed E-state index contributed by atoms with van der Waals surface area (Å²) in [5.74, 6) is 0.747. The zero-order chi connectivity index (χ0) is 20.4. The molecule has 2 heterocycles. The highest BCUT2D eigenvalue weighted by molar-refractivity contribution is 9.10. The summed E-state index contributed by atoms with van der Waals surface area (Å²) in [6.45, 7) is 0.855. The Labute approximate surface area is 176 Å². The predicted molar refractivity (Wildman–Crippen MR) is 116 cm³/mol. The van der Waals surface area contributed by atoms with E-state index in [0.29, 0.717) is 30.5 Å². The molecule has 1 saturated heterocycles. The van der Waals surface area contributed by atoms with Crippen LogP contribution in [0, 0.1) is 0 Å². The van der Waals surface area contributed by atoms with Crippen LogP contribution in [0.5, 0.6) is 0 Å². The summed E-state index contributed by atoms with van der Waals surface area (Å²) in [5, 5.41) is 6.00. The van der Waals surface area contributed by atoms with Crippen LogP contribution >= 0.6 is 15.9 Å². The van der Waals surface area contributed by atoms with Crippen molar-refractivity contribution in [3.8, 4) is 11.1 Å². The number of nitrogens with zero attached hydrogens (tertiary/aromatic N) is 2. The number of nitrogens with one attached hydrogen (secondary N) is 2. The number of anilines is 2. The lowest BCUT2D eigenvalue weighted by atomic mass is 9.86. The fourth-order valence-corrected chi connectivity index (χ4v) is 3.48. The van der Waals surface area contributed by atoms with Gasteiger partial charge in [0.05, 0.1) is 13.2 Å². The number of carbonyl (C=O) groups excluding carboxylic acids is 1. The molecule has 7 nitrogen and oxygen atoms in total. The lowest BCUT2D eigenvalue weighted by Crippen LogP contribution is -2.59. The van der Waals surface area contributed by atoms with E-state index in [1.54, 1.807) is 25.4 Å². The Hall–Kier alpha value is -2.97. The second kappa shape index (κ2) is 7.81. The first kappa shape index (κ1) is 19.4. The summed E-state index contributed by atoms with van der Waals surface area (Å²) in [7, 11) is 1.74. The molecule has 0 bridgehead atoms. The van der Waals surface area contributed by atoms with Crippen LogP contribution < -0.4 is 16.4 Å². The van der Waals surface area contributed by atoms with Gasteiger partial charge in [0.25, 0.3) is 5.91 Å². The van der Waals surface area contributed by atoms with Crippen molar-refractivity contribution in [2.24, 2.45) is 0 Å². The maximum absolute atomic E-state index is 12.7. The molecule has 148 valence electrons. The zero-order valence-corrected chi connectivity index (χ0v) is 17.4. The van der Waals surface area contributed by atoms with E-state index in [1.807, 2.05) is 36.4 Å². The summed E-state index contributed by atoms with van der Waals surface area (Å²) in [5.41, 5.74) is 8.76. The van der Waals surface area contributed by atoms with E-state index in [0.717, 1.165) is 21.2 Å². The monoisotopic (exact) mass is 453 g/mol. The van der Waals surface area contributed by atoms with Gasteiger partial charge in [0.2, 0.25) is 5.95 Å². The molecule has 3 aromatic rings. The van der Waals surface area contributed by atoms with Crippen molar-refractivity contribution < 1.29 is 9.53 Å². The molecule has 29 heavy (non-hydrogen) atoms. The summed E-state index contributed by atoms with van der Waals surface area (Å²) in [6.07, 6.45) is 1.70. The van der Waals surface area contributed by atoms with Crippen LogP contribution in [0.4, 0.5) is 11.8 Å². The molecule has 2 aromatic carbocycles. The van der Waals surface area contributed by atoms with E-state index in [4.69, 9.17) is 10.5 Å². The van der Waals surface area contributed by atoms with Gasteiger partial charge in [-0.1, -0.05) is 40.2 Å². The number of halogens is 1. The van der Waals surface area contributed by atoms with Gasteiger partial charge in [-0.25, -0.2) is 4.98 Å². The Balaban J connectivity index is 1.56. The Bertz CT molecular complexity index is 1030. The molecule has 4 N–H and O–H groups in total. The van der Waals surface area contributed by atoms with Crippen LogP contribution in [-0.4, -0.2) is 36.1 Å². The highest BCUT2D eigenvalue weighted by atomic mass is 79.9. The van der Waals surface area contributed by atoms with Crippen LogP contribution in [0.1, 0.15) is 15.9 Å². The minimum atomic E-state index is -0.541. The molecular weight excluding hydrogens is 434 g/mol. The smallest absolute Gasteiger partial charge is 0.252 e. The van der Waals surface area contributed by atoms with E-state index in [-0.39, 0.29) is 5.91 Å². The zero-order valence-electron chi connectivity index (χ0n) is 15.8. The second-order valence-corrected chi connectivity index (χ2v) is 7.77. The van der Waals surface area contributed by atoms with Gasteiger partial charge in [-0.15, -0.1) is 0 Å². The predicted octanol–water partition coefficient (Wildman–Crippen LogP) is 3.19. The molecule has 1 aromatic heterocycles. The first-order valence-electron chi connectivity index (χ1n) is 9.08. The van der Waals surface area contributed by atoms with E-state index in [2.05, 4.69) is 36.5 Å². The molecule has 4 rings (SSSR count). The number of carbonyl (C=O) groups is 1. The second-order valence-electron chi connectivity index (χ2n) is 6.86. The lowest BCUT2D eigenvalue weighted by molar-refractivity contribution is -0.0733. The van der Waals surface area contributed by atoms with Crippen molar-refractivity contribution in [2.75, 3.05) is 31.3 Å². The van der Waals surface area contributed by atoms with Gasteiger partial charge in [0, 0.05) is 28.8 Å². The number of nitrogen functional groups attached to an aromatic ring is 1. The van der Waals surface area contributed by atoms with Crippen LogP contribution in [0.15, 0.2) is 59.2 Å². The number of amides is 1. The van der Waals surface area contributed by atoms with Crippen LogP contribution in [0.25, 0.3) is 11.1 Å². The highest BCUT2D eigenvalue weighted by Gasteiger charge is 2.42. The van der Waals surface area contributed by atoms with Crippen LogP contribution in [0.2, 0.25) is 0 Å². The van der Waals surface area contributed by atoms with Gasteiger partial charge in [-0.3, -0.25) is 4.79 Å². The molecule has 0 aliphatic carbocycles. The highest BCUT2D eigenvalue weighted by Crippen LogP contribution is 2.32. The van der Waals surface area contributed by atoms with E-state index in [1.165, 1.54) is 0 Å². The standard InChI is InChI=1S/C21H20BrN5O2/c1-24-20-25-10-17(18(23)26-20)13-2-6-15(7-3-13)21(11-29-12-21)27-19(28)14-4-8-16(22)9-5-14/h2-10H,11-12H2,1H3,(H,27,28)(H3,23,24,25,26). The number of rotatable bonds is 5. The van der Waals surface area contributed by atoms with Gasteiger partial charge in [0.1, 0.15) is 11.4 Å². The molecule has 1 fully saturated rings. The van der Waals surface area contributed by atoms with E-state index in [9.17, 15) is 4.79 Å². The largest absolute Gasteiger partial charge is 0.383 e. The van der Waals surface area contributed by atoms with Crippen LogP contribution in [0.3, 0.4) is 0 Å². The topological polar surface area (TPSA) is 102 Å². The molecule has 0 atom stereocenters. The average molecular weight is 454 g/mol. The normalized spacial score (nSPS) is 14.7. The van der Waals surface area contributed by atoms with Crippen LogP contribution in [-0.2, 0) is 10.3 Å². The molecule has 0 radical (unpaired) electrons. The lowest BCUT2D eigenvalue weighted by Gasteiger charge is -2.42. The Morgan fingerprint density at radius 3 is 2.38 bits per heavy atom. The average Bonchev–Trinajstić information content (AvgIpc) is 2.71. The van der Waals surface area contributed by atoms with Gasteiger partial charge >= 0.3 is 0 Å². The summed E-state index contributed by atoms with van der Waals surface area (Å²) in [4.78, 5) is 21.2. The van der Waals surface area contributed by atoms with E-state index >= 15 is 0 Å². The molecule has 0 spiro atoms. The minimum absolute atomic E-state index is 0.134. The first-order chi connectivity index (χ1) is 14.0. The quantitative estimate of drug-likeness (QED) is 0.548. The molecule has 1 amide bonds. The summed E-state index contributed by atoms with van der Waals surface area (Å²) < 4.78 is 6.37. The number of nitrogens with two attached hydrogens (primary N) is 1. The molecule has 1 aliphatic heterocycles. The molecule has 1 aliphatic rings. The number of hydrogen-bond acceptors (Lipinski definition) is 6. The SMILES string of the molecule is CNc1ncc(-c2ccc(C3(NC(=O)c4ccc(Br)cc4)COC3)cc2)c(N)n1. The van der Waals surface area contributed by atoms with Crippen molar-refractivity contribution in [3.05, 3.63) is 70.3 Å². The van der Waals surface area contributed by atoms with Gasteiger partial charge in [0.15, 0.2) is 0 Å². The van der Waals surface area contributed by atoms with Gasteiger partial charge in [-0.2, -0.15) is 4.98 Å². The van der Waals surface area contributed by atoms with Crippen molar-refractivity contribution in [1.82, 2.24) is 15.3 Å².